The van der Waals surface area contributed by atoms with E-state index in [4.69, 9.17) is 0 Å². The van der Waals surface area contributed by atoms with Gasteiger partial charge in [-0.05, 0) is 50.1 Å². The molecule has 1 fully saturated rings. The smallest absolute Gasteiger partial charge is 0.0397 e. The molecule has 2 unspecified atom stereocenters. The normalized spacial score (nSPS) is 25.8. The Hall–Kier alpha value is -0.540. The number of hydrogen-bond acceptors (Lipinski definition) is 2. The first kappa shape index (κ1) is 12.9. The first-order valence-electron chi connectivity index (χ1n) is 6.30. The van der Waals surface area contributed by atoms with Gasteiger partial charge in [-0.2, -0.15) is 0 Å². The second kappa shape index (κ2) is 5.40. The lowest BCUT2D eigenvalue weighted by Crippen LogP contribution is -2.35. The predicted molar refractivity (Wildman–Crippen MR) is 77.7 cm³/mol. The van der Waals surface area contributed by atoms with Crippen molar-refractivity contribution in [2.45, 2.75) is 26.8 Å². The van der Waals surface area contributed by atoms with Crippen LogP contribution in [0.4, 0.5) is 5.69 Å². The molecule has 1 N–H and O–H groups in total. The third-order valence-electron chi connectivity index (χ3n) is 3.34. The highest BCUT2D eigenvalue weighted by Crippen LogP contribution is 2.25. The monoisotopic (exact) mass is 296 g/mol. The van der Waals surface area contributed by atoms with Crippen LogP contribution >= 0.6 is 15.9 Å². The van der Waals surface area contributed by atoms with Gasteiger partial charge in [0.25, 0.3) is 0 Å². The molecule has 1 saturated heterocycles. The summed E-state index contributed by atoms with van der Waals surface area (Å²) in [7, 11) is 0. The highest BCUT2D eigenvalue weighted by molar-refractivity contribution is 9.10. The first-order valence-corrected chi connectivity index (χ1v) is 7.10. The van der Waals surface area contributed by atoms with E-state index in [0.29, 0.717) is 12.0 Å². The van der Waals surface area contributed by atoms with Crippen molar-refractivity contribution in [2.24, 2.45) is 5.92 Å². The fraction of sp³-hybridized carbons (Fsp3) is 0.571. The summed E-state index contributed by atoms with van der Waals surface area (Å²) in [5.74, 6) is 0.697. The highest BCUT2D eigenvalue weighted by Gasteiger charge is 2.19. The molecule has 1 aromatic rings. The van der Waals surface area contributed by atoms with Crippen LogP contribution in [0.5, 0.6) is 0 Å². The second-order valence-corrected chi connectivity index (χ2v) is 6.17. The van der Waals surface area contributed by atoms with Crippen LogP contribution < -0.4 is 10.2 Å². The Morgan fingerprint density at radius 2 is 2.06 bits per heavy atom. The maximum atomic E-state index is 3.57. The number of rotatable bonds is 1. The zero-order valence-corrected chi connectivity index (χ0v) is 12.4. The summed E-state index contributed by atoms with van der Waals surface area (Å²) in [5.41, 5.74) is 2.72. The largest absolute Gasteiger partial charge is 0.369 e. The van der Waals surface area contributed by atoms with Crippen molar-refractivity contribution in [1.82, 2.24) is 5.32 Å². The molecule has 1 aromatic carbocycles. The van der Waals surface area contributed by atoms with Gasteiger partial charge in [0.2, 0.25) is 0 Å². The molecule has 0 aliphatic carbocycles. The van der Waals surface area contributed by atoms with Crippen molar-refractivity contribution >= 4 is 21.6 Å². The van der Waals surface area contributed by atoms with Gasteiger partial charge in [-0.1, -0.05) is 22.9 Å². The standard InChI is InChI=1S/C14H21BrN2/c1-10-7-16-12(3)9-17(8-10)14-5-4-13(15)6-11(14)2/h4-6,10,12,16H,7-9H2,1-3H3. The SMILES string of the molecule is Cc1cc(Br)ccc1N1CC(C)CNC(C)C1. The molecular formula is C14H21BrN2. The van der Waals surface area contributed by atoms with E-state index in [1.165, 1.54) is 11.3 Å². The molecule has 0 spiro atoms. The van der Waals surface area contributed by atoms with Gasteiger partial charge in [0.15, 0.2) is 0 Å². The summed E-state index contributed by atoms with van der Waals surface area (Å²) >= 11 is 3.53. The number of halogens is 1. The van der Waals surface area contributed by atoms with Crippen LogP contribution in [0.1, 0.15) is 19.4 Å². The van der Waals surface area contributed by atoms with Gasteiger partial charge in [0.05, 0.1) is 0 Å². The molecule has 0 aromatic heterocycles. The third-order valence-corrected chi connectivity index (χ3v) is 3.83. The van der Waals surface area contributed by atoms with E-state index >= 15 is 0 Å². The maximum absolute atomic E-state index is 3.57. The van der Waals surface area contributed by atoms with E-state index in [0.717, 1.165) is 24.1 Å². The Morgan fingerprint density at radius 1 is 1.29 bits per heavy atom. The molecule has 3 heteroatoms. The number of benzene rings is 1. The predicted octanol–water partition coefficient (Wildman–Crippen LogP) is 3.19. The van der Waals surface area contributed by atoms with Gasteiger partial charge in [0, 0.05) is 29.3 Å². The zero-order chi connectivity index (χ0) is 12.4. The van der Waals surface area contributed by atoms with Crippen LogP contribution in [0.2, 0.25) is 0 Å². The molecule has 0 radical (unpaired) electrons. The minimum absolute atomic E-state index is 0.558. The summed E-state index contributed by atoms with van der Waals surface area (Å²) in [4.78, 5) is 2.51. The van der Waals surface area contributed by atoms with Crippen molar-refractivity contribution in [3.05, 3.63) is 28.2 Å². The lowest BCUT2D eigenvalue weighted by Gasteiger charge is -2.27. The Labute approximate surface area is 113 Å². The van der Waals surface area contributed by atoms with Crippen molar-refractivity contribution in [1.29, 1.82) is 0 Å². The van der Waals surface area contributed by atoms with E-state index in [-0.39, 0.29) is 0 Å². The van der Waals surface area contributed by atoms with Crippen LogP contribution in [0.3, 0.4) is 0 Å². The number of anilines is 1. The zero-order valence-electron chi connectivity index (χ0n) is 10.8. The third kappa shape index (κ3) is 3.23. The second-order valence-electron chi connectivity index (χ2n) is 5.25. The minimum atomic E-state index is 0.558. The number of aryl methyl sites for hydroxylation is 1. The molecule has 1 aliphatic rings. The van der Waals surface area contributed by atoms with Gasteiger partial charge >= 0.3 is 0 Å². The quantitative estimate of drug-likeness (QED) is 0.856. The van der Waals surface area contributed by atoms with Gasteiger partial charge in [-0.25, -0.2) is 0 Å². The summed E-state index contributed by atoms with van der Waals surface area (Å²) in [5, 5.41) is 3.57. The lowest BCUT2D eigenvalue weighted by molar-refractivity contribution is 0.525. The Balaban J connectivity index is 2.24. The molecule has 0 bridgehead atoms. The summed E-state index contributed by atoms with van der Waals surface area (Å²) in [6.45, 7) is 10.1. The molecule has 2 nitrogen and oxygen atoms in total. The van der Waals surface area contributed by atoms with E-state index in [1.807, 2.05) is 0 Å². The molecule has 1 aliphatic heterocycles. The van der Waals surface area contributed by atoms with E-state index in [1.54, 1.807) is 0 Å². The van der Waals surface area contributed by atoms with Crippen LogP contribution in [0, 0.1) is 12.8 Å². The average Bonchev–Trinajstić information content (AvgIpc) is 2.40. The average molecular weight is 297 g/mol. The van der Waals surface area contributed by atoms with Crippen LogP contribution in [0.15, 0.2) is 22.7 Å². The number of hydrogen-bond donors (Lipinski definition) is 1. The van der Waals surface area contributed by atoms with Gasteiger partial charge in [0.1, 0.15) is 0 Å². The number of nitrogens with zero attached hydrogens (tertiary/aromatic N) is 1. The molecule has 1 heterocycles. The van der Waals surface area contributed by atoms with Crippen LogP contribution in [-0.4, -0.2) is 25.7 Å². The Morgan fingerprint density at radius 3 is 2.76 bits per heavy atom. The van der Waals surface area contributed by atoms with E-state index in [2.05, 4.69) is 65.1 Å². The summed E-state index contributed by atoms with van der Waals surface area (Å²) < 4.78 is 1.16. The van der Waals surface area contributed by atoms with Crippen molar-refractivity contribution in [2.75, 3.05) is 24.5 Å². The molecule has 94 valence electrons. The lowest BCUT2D eigenvalue weighted by atomic mass is 10.1. The van der Waals surface area contributed by atoms with Gasteiger partial charge in [-0.3, -0.25) is 0 Å². The molecule has 2 rings (SSSR count). The van der Waals surface area contributed by atoms with Crippen molar-refractivity contribution in [3.8, 4) is 0 Å². The minimum Gasteiger partial charge on any atom is -0.369 e. The molecule has 17 heavy (non-hydrogen) atoms. The number of nitrogens with one attached hydrogen (secondary N) is 1. The molecule has 0 amide bonds. The van der Waals surface area contributed by atoms with Crippen molar-refractivity contribution in [3.63, 3.8) is 0 Å². The van der Waals surface area contributed by atoms with E-state index < -0.39 is 0 Å². The van der Waals surface area contributed by atoms with Gasteiger partial charge in [-0.15, -0.1) is 0 Å². The molecule has 2 atom stereocenters. The van der Waals surface area contributed by atoms with Crippen LogP contribution in [-0.2, 0) is 0 Å². The first-order chi connectivity index (χ1) is 8.06. The van der Waals surface area contributed by atoms with Crippen molar-refractivity contribution < 1.29 is 0 Å². The summed E-state index contributed by atoms with van der Waals surface area (Å²) in [6, 6.07) is 7.12. The Kier molecular flexibility index (Phi) is 4.10. The Bertz CT molecular complexity index is 380. The fourth-order valence-electron chi connectivity index (χ4n) is 2.48. The van der Waals surface area contributed by atoms with E-state index in [9.17, 15) is 0 Å². The molecular weight excluding hydrogens is 276 g/mol. The fourth-order valence-corrected chi connectivity index (χ4v) is 2.96. The summed E-state index contributed by atoms with van der Waals surface area (Å²) in [6.07, 6.45) is 0. The topological polar surface area (TPSA) is 15.3 Å². The maximum Gasteiger partial charge on any atom is 0.0397 e. The highest BCUT2D eigenvalue weighted by atomic mass is 79.9. The molecule has 0 saturated carbocycles. The van der Waals surface area contributed by atoms with Crippen LogP contribution in [0.25, 0.3) is 0 Å². The van der Waals surface area contributed by atoms with Gasteiger partial charge < -0.3 is 10.2 Å².